The number of nitrogens with zero attached hydrogens (tertiary/aromatic N) is 1. The quantitative estimate of drug-likeness (QED) is 0.355. The number of rotatable bonds is 9. The van der Waals surface area contributed by atoms with Gasteiger partial charge in [-0.1, -0.05) is 0 Å². The maximum atomic E-state index is 13.0. The molecular formula is C23H20BrFN2O7S. The molecule has 1 aliphatic rings. The number of ether oxygens (including phenoxy) is 3. The summed E-state index contributed by atoms with van der Waals surface area (Å²) in [6, 6.07) is 8.48. The van der Waals surface area contributed by atoms with Gasteiger partial charge in [0.05, 0.1) is 23.1 Å². The summed E-state index contributed by atoms with van der Waals surface area (Å²) < 4.78 is 29.2. The molecule has 12 heteroatoms. The Balaban J connectivity index is 1.71. The summed E-state index contributed by atoms with van der Waals surface area (Å²) in [5.41, 5.74) is 0.928. The molecule has 9 nitrogen and oxygen atoms in total. The second-order valence-corrected chi connectivity index (χ2v) is 8.80. The lowest BCUT2D eigenvalue weighted by Crippen LogP contribution is -2.34. The average Bonchev–Trinajstić information content (AvgIpc) is 3.07. The van der Waals surface area contributed by atoms with Gasteiger partial charge in [-0.05, 0) is 82.7 Å². The summed E-state index contributed by atoms with van der Waals surface area (Å²) >= 11 is 4.07. The van der Waals surface area contributed by atoms with E-state index in [1.807, 2.05) is 0 Å². The van der Waals surface area contributed by atoms with Gasteiger partial charge in [0.2, 0.25) is 0 Å². The molecule has 1 fully saturated rings. The molecule has 35 heavy (non-hydrogen) atoms. The highest BCUT2D eigenvalue weighted by Gasteiger charge is 2.36. The number of benzene rings is 2. The number of hydrogen-bond acceptors (Lipinski definition) is 8. The van der Waals surface area contributed by atoms with Crippen LogP contribution in [0.15, 0.2) is 45.8 Å². The number of carbonyl (C=O) groups excluding carboxylic acids is 4. The highest BCUT2D eigenvalue weighted by atomic mass is 79.9. The molecule has 1 heterocycles. The van der Waals surface area contributed by atoms with Crippen molar-refractivity contribution in [3.63, 3.8) is 0 Å². The number of esters is 1. The van der Waals surface area contributed by atoms with Gasteiger partial charge >= 0.3 is 5.97 Å². The molecule has 1 aliphatic heterocycles. The third-order valence-corrected chi connectivity index (χ3v) is 5.99. The van der Waals surface area contributed by atoms with Crippen LogP contribution in [0, 0.1) is 5.82 Å². The summed E-state index contributed by atoms with van der Waals surface area (Å²) in [4.78, 5) is 49.6. The van der Waals surface area contributed by atoms with Gasteiger partial charge < -0.3 is 19.5 Å². The number of methoxy groups -OCH3 is 1. The Morgan fingerprint density at radius 2 is 1.91 bits per heavy atom. The van der Waals surface area contributed by atoms with Crippen LogP contribution in [-0.4, -0.2) is 54.8 Å². The van der Waals surface area contributed by atoms with Gasteiger partial charge in [-0.2, -0.15) is 0 Å². The molecule has 0 saturated carbocycles. The first-order valence-electron chi connectivity index (χ1n) is 10.2. The topological polar surface area (TPSA) is 111 Å². The van der Waals surface area contributed by atoms with Crippen LogP contribution in [0.2, 0.25) is 0 Å². The Bertz CT molecular complexity index is 1190. The van der Waals surface area contributed by atoms with Crippen LogP contribution in [-0.2, 0) is 19.1 Å². The zero-order chi connectivity index (χ0) is 25.5. The first kappa shape index (κ1) is 26.2. The molecule has 2 aromatic rings. The molecule has 184 valence electrons. The van der Waals surface area contributed by atoms with E-state index in [-0.39, 0.29) is 29.6 Å². The third-order valence-electron chi connectivity index (χ3n) is 4.49. The molecule has 0 atom stereocenters. The van der Waals surface area contributed by atoms with Crippen LogP contribution in [0.3, 0.4) is 0 Å². The maximum absolute atomic E-state index is 13.0. The SMILES string of the molecule is CCOC(=O)CN1C(=O)S/C(=C/c2cc(Br)c(OCC(=O)Nc3ccc(F)cc3)c(OC)c2)C1=O. The van der Waals surface area contributed by atoms with Crippen LogP contribution >= 0.6 is 27.7 Å². The molecular weight excluding hydrogens is 547 g/mol. The Hall–Kier alpha value is -3.38. The minimum atomic E-state index is -0.676. The number of thioether (sulfide) groups is 1. The van der Waals surface area contributed by atoms with Crippen LogP contribution < -0.4 is 14.8 Å². The fourth-order valence-corrected chi connectivity index (χ4v) is 4.37. The zero-order valence-corrected chi connectivity index (χ0v) is 21.0. The third kappa shape index (κ3) is 6.83. The Labute approximate surface area is 212 Å². The number of nitrogens with one attached hydrogen (secondary N) is 1. The predicted molar refractivity (Wildman–Crippen MR) is 131 cm³/mol. The van der Waals surface area contributed by atoms with E-state index < -0.39 is 35.4 Å². The lowest BCUT2D eigenvalue weighted by atomic mass is 10.2. The number of hydrogen-bond donors (Lipinski definition) is 1. The van der Waals surface area contributed by atoms with Gasteiger partial charge in [0.15, 0.2) is 18.1 Å². The lowest BCUT2D eigenvalue weighted by molar-refractivity contribution is -0.146. The second-order valence-electron chi connectivity index (χ2n) is 6.95. The normalized spacial score (nSPS) is 14.3. The Morgan fingerprint density at radius 1 is 1.20 bits per heavy atom. The van der Waals surface area contributed by atoms with E-state index >= 15 is 0 Å². The zero-order valence-electron chi connectivity index (χ0n) is 18.6. The lowest BCUT2D eigenvalue weighted by Gasteiger charge is -2.14. The van der Waals surface area contributed by atoms with Crippen molar-refractivity contribution in [2.75, 3.05) is 32.2 Å². The minimum Gasteiger partial charge on any atom is -0.493 e. The smallest absolute Gasteiger partial charge is 0.326 e. The van der Waals surface area contributed by atoms with E-state index in [9.17, 15) is 23.6 Å². The molecule has 0 bridgehead atoms. The average molecular weight is 567 g/mol. The van der Waals surface area contributed by atoms with Gasteiger partial charge in [0, 0.05) is 5.69 Å². The molecule has 0 spiro atoms. The van der Waals surface area contributed by atoms with E-state index in [2.05, 4.69) is 21.2 Å². The highest BCUT2D eigenvalue weighted by Crippen LogP contribution is 2.39. The van der Waals surface area contributed by atoms with Crippen molar-refractivity contribution in [2.24, 2.45) is 0 Å². The van der Waals surface area contributed by atoms with Crippen molar-refractivity contribution < 1.29 is 37.8 Å². The molecule has 1 N–H and O–H groups in total. The Morgan fingerprint density at radius 3 is 2.57 bits per heavy atom. The van der Waals surface area contributed by atoms with Gasteiger partial charge in [0.25, 0.3) is 17.1 Å². The molecule has 3 amide bonds. The van der Waals surface area contributed by atoms with Crippen LogP contribution in [0.1, 0.15) is 12.5 Å². The summed E-state index contributed by atoms with van der Waals surface area (Å²) in [6.07, 6.45) is 1.48. The highest BCUT2D eigenvalue weighted by molar-refractivity contribution is 9.10. The first-order chi connectivity index (χ1) is 16.7. The van der Waals surface area contributed by atoms with Gasteiger partial charge in [0.1, 0.15) is 12.4 Å². The van der Waals surface area contributed by atoms with Crippen molar-refractivity contribution in [3.05, 3.63) is 57.2 Å². The van der Waals surface area contributed by atoms with Crippen molar-refractivity contribution in [1.29, 1.82) is 0 Å². The summed E-state index contributed by atoms with van der Waals surface area (Å²) in [5, 5.41) is 2.01. The number of halogens is 2. The van der Waals surface area contributed by atoms with E-state index in [1.165, 1.54) is 37.5 Å². The minimum absolute atomic E-state index is 0.126. The Kier molecular flexibility index (Phi) is 8.88. The molecule has 0 radical (unpaired) electrons. The molecule has 2 aromatic carbocycles. The number of amides is 3. The van der Waals surface area contributed by atoms with Gasteiger partial charge in [-0.25, -0.2) is 4.39 Å². The van der Waals surface area contributed by atoms with Gasteiger partial charge in [-0.15, -0.1) is 0 Å². The molecule has 0 aromatic heterocycles. The fourth-order valence-electron chi connectivity index (χ4n) is 2.95. The standard InChI is InChI=1S/C23H20BrFN2O7S/c1-3-33-20(29)11-27-22(30)18(35-23(27)31)10-13-8-16(24)21(17(9-13)32-2)34-12-19(28)26-15-6-4-14(25)5-7-15/h4-10H,3,11-12H2,1-2H3,(H,26,28)/b18-10+. The molecule has 1 saturated heterocycles. The first-order valence-corrected chi connectivity index (χ1v) is 11.8. The van der Waals surface area contributed by atoms with Gasteiger partial charge in [-0.3, -0.25) is 24.1 Å². The van der Waals surface area contributed by atoms with E-state index in [0.717, 1.165) is 4.90 Å². The number of imide groups is 1. The molecule has 0 unspecified atom stereocenters. The van der Waals surface area contributed by atoms with E-state index in [4.69, 9.17) is 14.2 Å². The van der Waals surface area contributed by atoms with Crippen molar-refractivity contribution in [2.45, 2.75) is 6.92 Å². The second kappa shape index (κ2) is 11.8. The molecule has 3 rings (SSSR count). The van der Waals surface area contributed by atoms with E-state index in [1.54, 1.807) is 19.1 Å². The summed E-state index contributed by atoms with van der Waals surface area (Å²) in [7, 11) is 1.41. The number of carbonyl (C=O) groups is 4. The fraction of sp³-hybridized carbons (Fsp3) is 0.217. The van der Waals surface area contributed by atoms with Crippen LogP contribution in [0.25, 0.3) is 6.08 Å². The van der Waals surface area contributed by atoms with Crippen molar-refractivity contribution in [3.8, 4) is 11.5 Å². The van der Waals surface area contributed by atoms with Crippen molar-refractivity contribution >= 4 is 62.5 Å². The largest absolute Gasteiger partial charge is 0.493 e. The van der Waals surface area contributed by atoms with Crippen LogP contribution in [0.4, 0.5) is 14.9 Å². The maximum Gasteiger partial charge on any atom is 0.326 e. The van der Waals surface area contributed by atoms with E-state index in [0.29, 0.717) is 27.5 Å². The van der Waals surface area contributed by atoms with Crippen LogP contribution in [0.5, 0.6) is 11.5 Å². The van der Waals surface area contributed by atoms with Crippen molar-refractivity contribution in [1.82, 2.24) is 4.90 Å². The molecule has 0 aliphatic carbocycles. The number of anilines is 1. The summed E-state index contributed by atoms with van der Waals surface area (Å²) in [6.45, 7) is 0.956. The predicted octanol–water partition coefficient (Wildman–Crippen LogP) is 4.21. The summed E-state index contributed by atoms with van der Waals surface area (Å²) in [5.74, 6) is -1.66. The monoisotopic (exact) mass is 566 g/mol.